The Balaban J connectivity index is 2.25. The Kier molecular flexibility index (Phi) is 2.80. The molecule has 15 heavy (non-hydrogen) atoms. The van der Waals surface area contributed by atoms with E-state index in [-0.39, 0.29) is 5.41 Å². The molecule has 2 heteroatoms. The molecule has 1 aliphatic heterocycles. The second-order valence-corrected chi connectivity index (χ2v) is 5.51. The normalized spacial score (nSPS) is 35.5. The number of hydrogen-bond donors (Lipinski definition) is 1. The maximum absolute atomic E-state index is 10.8. The highest BCUT2D eigenvalue weighted by atomic mass is 16.5. The topological polar surface area (TPSA) is 29.5 Å². The molecule has 2 aliphatic rings. The Hall–Kier alpha value is -0.500. The minimum Gasteiger partial charge on any atom is -0.495 e. The van der Waals surface area contributed by atoms with Crippen LogP contribution in [0.25, 0.3) is 0 Å². The lowest BCUT2D eigenvalue weighted by Crippen LogP contribution is -2.49. The molecule has 1 unspecified atom stereocenters. The zero-order valence-electron chi connectivity index (χ0n) is 9.88. The maximum atomic E-state index is 10.8. The first kappa shape index (κ1) is 11.0. The molecule has 0 radical (unpaired) electrons. The molecule has 0 aromatic carbocycles. The molecule has 1 N–H and O–H groups in total. The van der Waals surface area contributed by atoms with Crippen LogP contribution in [-0.2, 0) is 4.74 Å². The Bertz CT molecular complexity index is 268. The predicted molar refractivity (Wildman–Crippen MR) is 60.5 cm³/mol. The van der Waals surface area contributed by atoms with Crippen LogP contribution in [0.5, 0.6) is 0 Å². The minimum absolute atomic E-state index is 0.0472. The van der Waals surface area contributed by atoms with Gasteiger partial charge < -0.3 is 9.84 Å². The van der Waals surface area contributed by atoms with Gasteiger partial charge in [0.05, 0.1) is 6.61 Å². The fourth-order valence-electron chi connectivity index (χ4n) is 2.80. The van der Waals surface area contributed by atoms with Gasteiger partial charge in [0.1, 0.15) is 11.4 Å². The van der Waals surface area contributed by atoms with Crippen molar-refractivity contribution in [3.05, 3.63) is 11.8 Å². The van der Waals surface area contributed by atoms with Crippen molar-refractivity contribution in [1.82, 2.24) is 0 Å². The summed E-state index contributed by atoms with van der Waals surface area (Å²) >= 11 is 0. The van der Waals surface area contributed by atoms with Crippen molar-refractivity contribution in [3.8, 4) is 0 Å². The molecular formula is C13H22O2. The van der Waals surface area contributed by atoms with Crippen molar-refractivity contribution < 1.29 is 9.84 Å². The van der Waals surface area contributed by atoms with Crippen molar-refractivity contribution in [1.29, 1.82) is 0 Å². The first-order valence-corrected chi connectivity index (χ1v) is 6.12. The van der Waals surface area contributed by atoms with E-state index in [0.717, 1.165) is 44.5 Å². The first-order valence-electron chi connectivity index (χ1n) is 6.12. The molecular weight excluding hydrogens is 188 g/mol. The van der Waals surface area contributed by atoms with Crippen molar-refractivity contribution in [3.63, 3.8) is 0 Å². The zero-order valence-corrected chi connectivity index (χ0v) is 9.88. The molecule has 1 heterocycles. The lowest BCUT2D eigenvalue weighted by Gasteiger charge is -2.47. The van der Waals surface area contributed by atoms with Crippen molar-refractivity contribution in [2.45, 2.75) is 58.0 Å². The van der Waals surface area contributed by atoms with Gasteiger partial charge in [-0.3, -0.25) is 0 Å². The van der Waals surface area contributed by atoms with Gasteiger partial charge >= 0.3 is 0 Å². The van der Waals surface area contributed by atoms with Crippen LogP contribution in [0.1, 0.15) is 52.4 Å². The molecule has 1 aliphatic carbocycles. The lowest BCUT2D eigenvalue weighted by atomic mass is 9.64. The van der Waals surface area contributed by atoms with Crippen LogP contribution in [-0.4, -0.2) is 17.3 Å². The smallest absolute Gasteiger partial charge is 0.126 e. The summed E-state index contributed by atoms with van der Waals surface area (Å²) in [6.45, 7) is 5.08. The van der Waals surface area contributed by atoms with Crippen LogP contribution < -0.4 is 0 Å². The summed E-state index contributed by atoms with van der Waals surface area (Å²) in [7, 11) is 0. The Morgan fingerprint density at radius 1 is 1.20 bits per heavy atom. The summed E-state index contributed by atoms with van der Waals surface area (Å²) in [4.78, 5) is 0. The van der Waals surface area contributed by atoms with Crippen molar-refractivity contribution >= 4 is 0 Å². The Morgan fingerprint density at radius 2 is 1.93 bits per heavy atom. The van der Waals surface area contributed by atoms with Gasteiger partial charge in [0, 0.05) is 5.41 Å². The standard InChI is InChI=1S/C13H22O2/c1-12(2)8-4-5-9-13(12,14)11-7-3-6-10-15-11/h7,14H,3-6,8-10H2,1-2H3. The molecule has 86 valence electrons. The molecule has 0 saturated heterocycles. The fraction of sp³-hybridized carbons (Fsp3) is 0.846. The molecule has 1 fully saturated rings. The van der Waals surface area contributed by atoms with Gasteiger partial charge in [-0.2, -0.15) is 0 Å². The van der Waals surface area contributed by atoms with Gasteiger partial charge in [0.15, 0.2) is 0 Å². The average molecular weight is 210 g/mol. The highest BCUT2D eigenvalue weighted by Gasteiger charge is 2.49. The molecule has 1 saturated carbocycles. The second-order valence-electron chi connectivity index (χ2n) is 5.51. The van der Waals surface area contributed by atoms with Gasteiger partial charge in [-0.1, -0.05) is 26.7 Å². The summed E-state index contributed by atoms with van der Waals surface area (Å²) < 4.78 is 5.67. The second kappa shape index (κ2) is 3.82. The van der Waals surface area contributed by atoms with Crippen LogP contribution in [0.3, 0.4) is 0 Å². The zero-order chi connectivity index (χ0) is 10.9. The number of hydrogen-bond acceptors (Lipinski definition) is 2. The number of aliphatic hydroxyl groups is 1. The molecule has 0 bridgehead atoms. The number of rotatable bonds is 1. The molecule has 2 nitrogen and oxygen atoms in total. The largest absolute Gasteiger partial charge is 0.495 e. The van der Waals surface area contributed by atoms with Crippen LogP contribution in [0, 0.1) is 5.41 Å². The van der Waals surface area contributed by atoms with Crippen LogP contribution in [0.15, 0.2) is 11.8 Å². The van der Waals surface area contributed by atoms with Crippen LogP contribution >= 0.6 is 0 Å². The van der Waals surface area contributed by atoms with E-state index in [1.54, 1.807) is 0 Å². The van der Waals surface area contributed by atoms with Crippen molar-refractivity contribution in [2.75, 3.05) is 6.61 Å². The molecule has 0 spiro atoms. The van der Waals surface area contributed by atoms with Gasteiger partial charge in [0.25, 0.3) is 0 Å². The highest BCUT2D eigenvalue weighted by Crippen LogP contribution is 2.48. The minimum atomic E-state index is -0.717. The monoisotopic (exact) mass is 210 g/mol. The summed E-state index contributed by atoms with van der Waals surface area (Å²) in [6.07, 6.45) is 8.50. The van der Waals surface area contributed by atoms with Gasteiger partial charge in [-0.15, -0.1) is 0 Å². The SMILES string of the molecule is CC1(C)CCCCC1(O)C1=CCCCO1. The van der Waals surface area contributed by atoms with E-state index in [1.807, 2.05) is 0 Å². The highest BCUT2D eigenvalue weighted by molar-refractivity contribution is 5.18. The summed E-state index contributed by atoms with van der Waals surface area (Å²) in [5.74, 6) is 0.846. The third kappa shape index (κ3) is 1.80. The summed E-state index contributed by atoms with van der Waals surface area (Å²) in [5, 5.41) is 10.8. The van der Waals surface area contributed by atoms with E-state index in [4.69, 9.17) is 4.74 Å². The molecule has 2 rings (SSSR count). The van der Waals surface area contributed by atoms with E-state index in [9.17, 15) is 5.11 Å². The van der Waals surface area contributed by atoms with Crippen LogP contribution in [0.2, 0.25) is 0 Å². The summed E-state index contributed by atoms with van der Waals surface area (Å²) in [6, 6.07) is 0. The van der Waals surface area contributed by atoms with E-state index in [2.05, 4.69) is 19.9 Å². The Morgan fingerprint density at radius 3 is 2.53 bits per heavy atom. The lowest BCUT2D eigenvalue weighted by molar-refractivity contribution is -0.104. The van der Waals surface area contributed by atoms with E-state index in [1.165, 1.54) is 6.42 Å². The predicted octanol–water partition coefficient (Wildman–Crippen LogP) is 3.01. The molecule has 0 amide bonds. The van der Waals surface area contributed by atoms with Crippen molar-refractivity contribution in [2.24, 2.45) is 5.41 Å². The van der Waals surface area contributed by atoms with Gasteiger partial charge in [-0.05, 0) is 31.8 Å². The fourth-order valence-corrected chi connectivity index (χ4v) is 2.80. The molecule has 1 atom stereocenters. The third-order valence-electron chi connectivity index (χ3n) is 4.05. The average Bonchev–Trinajstić information content (AvgIpc) is 2.24. The first-order chi connectivity index (χ1) is 7.06. The number of ether oxygens (including phenoxy) is 1. The van der Waals surface area contributed by atoms with Gasteiger partial charge in [0.2, 0.25) is 0 Å². The van der Waals surface area contributed by atoms with Crippen LogP contribution in [0.4, 0.5) is 0 Å². The van der Waals surface area contributed by atoms with E-state index in [0.29, 0.717) is 0 Å². The Labute approximate surface area is 92.3 Å². The van der Waals surface area contributed by atoms with E-state index >= 15 is 0 Å². The molecule has 0 aromatic heterocycles. The summed E-state index contributed by atoms with van der Waals surface area (Å²) in [5.41, 5.74) is -0.764. The van der Waals surface area contributed by atoms with E-state index < -0.39 is 5.60 Å². The van der Waals surface area contributed by atoms with Gasteiger partial charge in [-0.25, -0.2) is 0 Å². The third-order valence-corrected chi connectivity index (χ3v) is 4.05. The molecule has 0 aromatic rings. The maximum Gasteiger partial charge on any atom is 0.126 e. The quantitative estimate of drug-likeness (QED) is 0.721. The number of allylic oxidation sites excluding steroid dienone is 1.